The Morgan fingerprint density at radius 3 is 2.67 bits per heavy atom. The molecule has 0 bridgehead atoms. The third-order valence-corrected chi connectivity index (χ3v) is 2.50. The van der Waals surface area contributed by atoms with Crippen LogP contribution in [0.15, 0.2) is 23.0 Å². The third kappa shape index (κ3) is 3.32. The molecule has 9 heteroatoms. The van der Waals surface area contributed by atoms with Gasteiger partial charge in [0.25, 0.3) is 0 Å². The zero-order valence-electron chi connectivity index (χ0n) is 10.8. The van der Waals surface area contributed by atoms with Crippen molar-refractivity contribution < 1.29 is 23.5 Å². The van der Waals surface area contributed by atoms with Gasteiger partial charge < -0.3 is 9.47 Å². The number of carbonyl (C=O) groups excluding carboxylic acids is 2. The minimum absolute atomic E-state index is 0.0248. The number of hydrogen-bond acceptors (Lipinski definition) is 6. The van der Waals surface area contributed by atoms with E-state index in [0.717, 1.165) is 19.2 Å². The average molecular weight is 295 g/mol. The first-order valence-corrected chi connectivity index (χ1v) is 5.70. The number of rotatable bonds is 4. The van der Waals surface area contributed by atoms with Crippen molar-refractivity contribution in [1.82, 2.24) is 15.2 Å². The molecule has 0 saturated heterocycles. The van der Waals surface area contributed by atoms with E-state index in [4.69, 9.17) is 4.74 Å². The van der Waals surface area contributed by atoms with E-state index in [1.54, 1.807) is 0 Å². The lowest BCUT2D eigenvalue weighted by molar-refractivity contribution is 0.0455. The first-order chi connectivity index (χ1) is 10.0. The Hall–Kier alpha value is -2.97. The van der Waals surface area contributed by atoms with Gasteiger partial charge in [-0.25, -0.2) is 23.9 Å². The lowest BCUT2D eigenvalue weighted by Crippen LogP contribution is -2.10. The molecule has 2 aromatic rings. The molecule has 0 spiro atoms. The number of H-pyrrole nitrogens is 2. The van der Waals surface area contributed by atoms with E-state index in [-0.39, 0.29) is 23.6 Å². The fraction of sp³-hybridized carbons (Fsp3) is 0.167. The van der Waals surface area contributed by atoms with Crippen LogP contribution in [-0.4, -0.2) is 34.2 Å². The maximum absolute atomic E-state index is 13.7. The molecule has 0 atom stereocenters. The van der Waals surface area contributed by atoms with Crippen molar-refractivity contribution in [1.29, 1.82) is 0 Å². The van der Waals surface area contributed by atoms with Crippen molar-refractivity contribution in [3.63, 3.8) is 0 Å². The van der Waals surface area contributed by atoms with Gasteiger partial charge in [-0.1, -0.05) is 0 Å². The number of carbonyl (C=O) groups is 2. The highest BCUT2D eigenvalue weighted by Gasteiger charge is 2.16. The predicted molar refractivity (Wildman–Crippen MR) is 66.1 cm³/mol. The van der Waals surface area contributed by atoms with Gasteiger partial charge in [-0.2, -0.15) is 5.10 Å². The fourth-order valence-electron chi connectivity index (χ4n) is 1.51. The van der Waals surface area contributed by atoms with Crippen LogP contribution in [0.1, 0.15) is 26.5 Å². The highest BCUT2D eigenvalue weighted by Crippen LogP contribution is 2.13. The molecule has 0 fully saturated rings. The van der Waals surface area contributed by atoms with Crippen LogP contribution in [0.2, 0.25) is 0 Å². The smallest absolute Gasteiger partial charge is 0.341 e. The van der Waals surface area contributed by atoms with Gasteiger partial charge in [0.05, 0.1) is 18.2 Å². The summed E-state index contributed by atoms with van der Waals surface area (Å²) in [6, 6.07) is 3.22. The minimum atomic E-state index is -0.951. The van der Waals surface area contributed by atoms with Crippen LogP contribution in [-0.2, 0) is 16.1 Å². The van der Waals surface area contributed by atoms with Crippen molar-refractivity contribution in [2.24, 2.45) is 0 Å². The SMILES string of the molecule is COC(=O)c1ccc(C(=O)OCc2n[nH]c(=O)[nH]2)c(F)c1. The van der Waals surface area contributed by atoms with Crippen molar-refractivity contribution in [3.05, 3.63) is 51.5 Å². The third-order valence-electron chi connectivity index (χ3n) is 2.50. The van der Waals surface area contributed by atoms with Crippen LogP contribution >= 0.6 is 0 Å². The Balaban J connectivity index is 2.08. The molecule has 1 aromatic carbocycles. The molecule has 0 radical (unpaired) electrons. The first kappa shape index (κ1) is 14.4. The molecule has 0 aliphatic carbocycles. The van der Waals surface area contributed by atoms with E-state index >= 15 is 0 Å². The number of aromatic amines is 2. The number of nitrogens with one attached hydrogen (secondary N) is 2. The van der Waals surface area contributed by atoms with Crippen LogP contribution in [0.3, 0.4) is 0 Å². The molecular formula is C12H10FN3O5. The van der Waals surface area contributed by atoms with E-state index < -0.39 is 23.4 Å². The molecule has 110 valence electrons. The molecule has 1 aromatic heterocycles. The number of methoxy groups -OCH3 is 1. The largest absolute Gasteiger partial charge is 0.465 e. The van der Waals surface area contributed by atoms with Crippen molar-refractivity contribution in [2.45, 2.75) is 6.61 Å². The molecule has 0 amide bonds. The molecule has 0 aliphatic heterocycles. The lowest BCUT2D eigenvalue weighted by Gasteiger charge is -2.05. The highest BCUT2D eigenvalue weighted by atomic mass is 19.1. The first-order valence-electron chi connectivity index (χ1n) is 5.70. The Bertz CT molecular complexity index is 736. The van der Waals surface area contributed by atoms with Gasteiger partial charge in [0.1, 0.15) is 5.82 Å². The Kier molecular flexibility index (Phi) is 4.12. The topological polar surface area (TPSA) is 114 Å². The molecular weight excluding hydrogens is 285 g/mol. The lowest BCUT2D eigenvalue weighted by atomic mass is 10.1. The molecule has 8 nitrogen and oxygen atoms in total. The number of hydrogen-bond donors (Lipinski definition) is 2. The summed E-state index contributed by atoms with van der Waals surface area (Å²) in [5, 5.41) is 5.62. The number of aromatic nitrogens is 3. The molecule has 2 rings (SSSR count). The summed E-state index contributed by atoms with van der Waals surface area (Å²) >= 11 is 0. The number of esters is 2. The normalized spacial score (nSPS) is 10.2. The standard InChI is InChI=1S/C12H10FN3O5/c1-20-10(17)6-2-3-7(8(13)4-6)11(18)21-5-9-14-12(19)16-15-9/h2-4H,5H2,1H3,(H2,14,15,16,19). The second-order valence-corrected chi connectivity index (χ2v) is 3.89. The Morgan fingerprint density at radius 1 is 1.33 bits per heavy atom. The van der Waals surface area contributed by atoms with Gasteiger partial charge in [0, 0.05) is 0 Å². The minimum Gasteiger partial charge on any atom is -0.465 e. The van der Waals surface area contributed by atoms with Gasteiger partial charge in [0.2, 0.25) is 0 Å². The van der Waals surface area contributed by atoms with Crippen molar-refractivity contribution >= 4 is 11.9 Å². The maximum Gasteiger partial charge on any atom is 0.341 e. The summed E-state index contributed by atoms with van der Waals surface area (Å²) in [7, 11) is 1.16. The van der Waals surface area contributed by atoms with E-state index in [9.17, 15) is 18.8 Å². The highest BCUT2D eigenvalue weighted by molar-refractivity contribution is 5.93. The summed E-state index contributed by atoms with van der Waals surface area (Å²) in [6.07, 6.45) is 0. The Morgan fingerprint density at radius 2 is 2.10 bits per heavy atom. The number of ether oxygens (including phenoxy) is 2. The second kappa shape index (κ2) is 5.99. The number of benzene rings is 1. The van der Waals surface area contributed by atoms with E-state index in [0.29, 0.717) is 0 Å². The van der Waals surface area contributed by atoms with E-state index in [2.05, 4.69) is 19.9 Å². The zero-order valence-corrected chi connectivity index (χ0v) is 10.8. The molecule has 0 saturated carbocycles. The molecule has 0 aliphatic rings. The fourth-order valence-corrected chi connectivity index (χ4v) is 1.51. The van der Waals surface area contributed by atoms with Crippen molar-refractivity contribution in [2.75, 3.05) is 7.11 Å². The molecule has 0 unspecified atom stereocenters. The van der Waals surface area contributed by atoms with E-state index in [1.165, 1.54) is 6.07 Å². The van der Waals surface area contributed by atoms with E-state index in [1.807, 2.05) is 0 Å². The average Bonchev–Trinajstić information content (AvgIpc) is 2.89. The summed E-state index contributed by atoms with van der Waals surface area (Å²) in [5.74, 6) is -2.49. The maximum atomic E-state index is 13.7. The summed E-state index contributed by atoms with van der Waals surface area (Å²) in [6.45, 7) is -0.324. The predicted octanol–water partition coefficient (Wildman–Crippen LogP) is 0.381. The number of nitrogens with zero attached hydrogens (tertiary/aromatic N) is 1. The second-order valence-electron chi connectivity index (χ2n) is 3.89. The van der Waals surface area contributed by atoms with Gasteiger partial charge in [-0.05, 0) is 18.2 Å². The monoisotopic (exact) mass is 295 g/mol. The summed E-state index contributed by atoms with van der Waals surface area (Å²) in [5.41, 5.74) is -0.918. The molecule has 2 N–H and O–H groups in total. The Labute approximate surface area is 116 Å². The van der Waals surface area contributed by atoms with Crippen LogP contribution in [0.4, 0.5) is 4.39 Å². The van der Waals surface area contributed by atoms with Crippen LogP contribution in [0.25, 0.3) is 0 Å². The van der Waals surface area contributed by atoms with Gasteiger partial charge in [0.15, 0.2) is 12.4 Å². The van der Waals surface area contributed by atoms with Gasteiger partial charge in [-0.15, -0.1) is 0 Å². The summed E-state index contributed by atoms with van der Waals surface area (Å²) in [4.78, 5) is 35.9. The zero-order chi connectivity index (χ0) is 15.4. The molecule has 21 heavy (non-hydrogen) atoms. The van der Waals surface area contributed by atoms with Gasteiger partial charge in [-0.3, -0.25) is 4.98 Å². The summed E-state index contributed by atoms with van der Waals surface area (Å²) < 4.78 is 23.0. The number of halogens is 1. The van der Waals surface area contributed by atoms with Crippen molar-refractivity contribution in [3.8, 4) is 0 Å². The van der Waals surface area contributed by atoms with Crippen LogP contribution < -0.4 is 5.69 Å². The quantitative estimate of drug-likeness (QED) is 0.788. The molecule has 1 heterocycles. The van der Waals surface area contributed by atoms with Crippen LogP contribution in [0.5, 0.6) is 0 Å². The van der Waals surface area contributed by atoms with Gasteiger partial charge >= 0.3 is 17.6 Å². The van der Waals surface area contributed by atoms with Crippen LogP contribution in [0, 0.1) is 5.82 Å².